The molecule has 25 heavy (non-hydrogen) atoms. The van der Waals surface area contributed by atoms with E-state index >= 15 is 0 Å². The van der Waals surface area contributed by atoms with Gasteiger partial charge in [0.1, 0.15) is 5.82 Å². The third-order valence-corrected chi connectivity index (χ3v) is 5.54. The Morgan fingerprint density at radius 3 is 2.16 bits per heavy atom. The largest absolute Gasteiger partial charge is 0.481 e. The molecule has 6 heteroatoms. The Kier molecular flexibility index (Phi) is 5.25. The first-order valence-corrected chi connectivity index (χ1v) is 8.98. The smallest absolute Gasteiger partial charge is 0.303 e. The van der Waals surface area contributed by atoms with Gasteiger partial charge in [-0.3, -0.25) is 9.59 Å². The van der Waals surface area contributed by atoms with E-state index in [0.29, 0.717) is 32.6 Å². The van der Waals surface area contributed by atoms with Crippen molar-refractivity contribution in [1.82, 2.24) is 4.90 Å². The minimum atomic E-state index is -0.809. The molecule has 1 aliphatic carbocycles. The SMILES string of the molecule is O=C(O)CC1(CC(=O)N2CCN(c3ccc(F)cc3)CC2)CCCC1. The summed E-state index contributed by atoms with van der Waals surface area (Å²) in [5, 5.41) is 9.18. The van der Waals surface area contributed by atoms with Crippen LogP contribution in [0.4, 0.5) is 10.1 Å². The lowest BCUT2D eigenvalue weighted by Gasteiger charge is -2.38. The predicted molar refractivity (Wildman–Crippen MR) is 93.0 cm³/mol. The van der Waals surface area contributed by atoms with Crippen molar-refractivity contribution in [2.75, 3.05) is 31.1 Å². The number of amides is 1. The lowest BCUT2D eigenvalue weighted by molar-refractivity contribution is -0.141. The Hall–Kier alpha value is -2.11. The molecule has 3 rings (SSSR count). The van der Waals surface area contributed by atoms with Crippen LogP contribution in [0.3, 0.4) is 0 Å². The molecule has 1 saturated carbocycles. The molecule has 1 heterocycles. The predicted octanol–water partition coefficient (Wildman–Crippen LogP) is 2.90. The molecule has 1 aliphatic heterocycles. The quantitative estimate of drug-likeness (QED) is 0.889. The van der Waals surface area contributed by atoms with Gasteiger partial charge in [-0.25, -0.2) is 4.39 Å². The van der Waals surface area contributed by atoms with Crippen LogP contribution in [-0.4, -0.2) is 48.1 Å². The summed E-state index contributed by atoms with van der Waals surface area (Å²) in [7, 11) is 0. The first kappa shape index (κ1) is 17.7. The minimum Gasteiger partial charge on any atom is -0.481 e. The molecular weight excluding hydrogens is 323 g/mol. The summed E-state index contributed by atoms with van der Waals surface area (Å²) in [4.78, 5) is 27.9. The van der Waals surface area contributed by atoms with Gasteiger partial charge in [-0.15, -0.1) is 0 Å². The first-order chi connectivity index (χ1) is 12.0. The van der Waals surface area contributed by atoms with Gasteiger partial charge in [0.05, 0.1) is 6.42 Å². The highest BCUT2D eigenvalue weighted by atomic mass is 19.1. The average molecular weight is 348 g/mol. The van der Waals surface area contributed by atoms with Gasteiger partial charge in [0.25, 0.3) is 0 Å². The molecule has 2 aliphatic rings. The fraction of sp³-hybridized carbons (Fsp3) is 0.579. The number of benzene rings is 1. The van der Waals surface area contributed by atoms with Crippen LogP contribution < -0.4 is 4.90 Å². The molecule has 0 radical (unpaired) electrons. The summed E-state index contributed by atoms with van der Waals surface area (Å²) in [5.74, 6) is -0.990. The van der Waals surface area contributed by atoms with Crippen molar-refractivity contribution in [2.45, 2.75) is 38.5 Å². The van der Waals surface area contributed by atoms with Gasteiger partial charge in [-0.1, -0.05) is 12.8 Å². The van der Waals surface area contributed by atoms with E-state index in [0.717, 1.165) is 31.4 Å². The van der Waals surface area contributed by atoms with Crippen LogP contribution in [0.2, 0.25) is 0 Å². The van der Waals surface area contributed by atoms with Crippen molar-refractivity contribution in [3.8, 4) is 0 Å². The summed E-state index contributed by atoms with van der Waals surface area (Å²) in [6.07, 6.45) is 4.13. The van der Waals surface area contributed by atoms with Crippen molar-refractivity contribution >= 4 is 17.6 Å². The zero-order valence-electron chi connectivity index (χ0n) is 14.4. The summed E-state index contributed by atoms with van der Waals surface area (Å²) in [5.41, 5.74) is 0.614. The Morgan fingerprint density at radius 1 is 1.00 bits per heavy atom. The number of carbonyl (C=O) groups excluding carboxylic acids is 1. The Morgan fingerprint density at radius 2 is 1.60 bits per heavy atom. The van der Waals surface area contributed by atoms with Crippen LogP contribution in [0.15, 0.2) is 24.3 Å². The second-order valence-electron chi connectivity index (χ2n) is 7.30. The van der Waals surface area contributed by atoms with Crippen molar-refractivity contribution in [3.63, 3.8) is 0 Å². The third kappa shape index (κ3) is 4.30. The molecule has 2 fully saturated rings. The molecular formula is C19H25FN2O3. The topological polar surface area (TPSA) is 60.9 Å². The average Bonchev–Trinajstić information content (AvgIpc) is 3.03. The molecule has 0 atom stereocenters. The second kappa shape index (κ2) is 7.42. The number of halogens is 1. The zero-order valence-corrected chi connectivity index (χ0v) is 14.4. The fourth-order valence-corrected chi connectivity index (χ4v) is 4.16. The Balaban J connectivity index is 1.56. The molecule has 0 unspecified atom stereocenters. The van der Waals surface area contributed by atoms with E-state index in [1.165, 1.54) is 12.1 Å². The number of nitrogens with zero attached hydrogens (tertiary/aromatic N) is 2. The number of hydrogen-bond acceptors (Lipinski definition) is 3. The van der Waals surface area contributed by atoms with Crippen LogP contribution >= 0.6 is 0 Å². The Labute approximate surface area is 147 Å². The first-order valence-electron chi connectivity index (χ1n) is 8.98. The molecule has 0 spiro atoms. The highest BCUT2D eigenvalue weighted by molar-refractivity contribution is 5.78. The van der Waals surface area contributed by atoms with E-state index in [1.807, 2.05) is 4.90 Å². The van der Waals surface area contributed by atoms with Gasteiger partial charge in [-0.05, 0) is 42.5 Å². The third-order valence-electron chi connectivity index (χ3n) is 5.54. The fourth-order valence-electron chi connectivity index (χ4n) is 4.16. The summed E-state index contributed by atoms with van der Waals surface area (Å²) < 4.78 is 13.0. The van der Waals surface area contributed by atoms with Gasteiger partial charge in [0, 0.05) is 38.3 Å². The van der Waals surface area contributed by atoms with Crippen LogP contribution in [0.5, 0.6) is 0 Å². The maximum Gasteiger partial charge on any atom is 0.303 e. The van der Waals surface area contributed by atoms with E-state index in [-0.39, 0.29) is 23.6 Å². The van der Waals surface area contributed by atoms with E-state index in [9.17, 15) is 19.1 Å². The molecule has 1 amide bonds. The highest BCUT2D eigenvalue weighted by Gasteiger charge is 2.39. The number of carbonyl (C=O) groups is 2. The molecule has 0 aromatic heterocycles. The van der Waals surface area contributed by atoms with E-state index in [4.69, 9.17) is 0 Å². The molecule has 0 bridgehead atoms. The van der Waals surface area contributed by atoms with E-state index < -0.39 is 5.97 Å². The lowest BCUT2D eigenvalue weighted by atomic mass is 9.79. The number of aliphatic carboxylic acids is 1. The van der Waals surface area contributed by atoms with Crippen LogP contribution in [-0.2, 0) is 9.59 Å². The van der Waals surface area contributed by atoms with Gasteiger partial charge < -0.3 is 14.9 Å². The number of hydrogen-bond donors (Lipinski definition) is 1. The van der Waals surface area contributed by atoms with Crippen molar-refractivity contribution in [1.29, 1.82) is 0 Å². The number of piperazine rings is 1. The van der Waals surface area contributed by atoms with Crippen molar-refractivity contribution in [2.24, 2.45) is 5.41 Å². The van der Waals surface area contributed by atoms with Gasteiger partial charge in [-0.2, -0.15) is 0 Å². The second-order valence-corrected chi connectivity index (χ2v) is 7.30. The maximum absolute atomic E-state index is 13.0. The minimum absolute atomic E-state index is 0.0712. The summed E-state index contributed by atoms with van der Waals surface area (Å²) in [6, 6.07) is 6.41. The van der Waals surface area contributed by atoms with Crippen LogP contribution in [0.25, 0.3) is 0 Å². The monoisotopic (exact) mass is 348 g/mol. The number of rotatable bonds is 5. The van der Waals surface area contributed by atoms with E-state index in [1.54, 1.807) is 12.1 Å². The number of anilines is 1. The van der Waals surface area contributed by atoms with Gasteiger partial charge in [0.2, 0.25) is 5.91 Å². The van der Waals surface area contributed by atoms with Gasteiger partial charge in [0.15, 0.2) is 0 Å². The number of carboxylic acids is 1. The lowest BCUT2D eigenvalue weighted by Crippen LogP contribution is -2.49. The van der Waals surface area contributed by atoms with Crippen molar-refractivity contribution in [3.05, 3.63) is 30.1 Å². The molecule has 1 aromatic rings. The molecule has 1 saturated heterocycles. The van der Waals surface area contributed by atoms with Crippen molar-refractivity contribution < 1.29 is 19.1 Å². The Bertz CT molecular complexity index is 618. The molecule has 1 aromatic carbocycles. The summed E-state index contributed by atoms with van der Waals surface area (Å²) in [6.45, 7) is 2.67. The van der Waals surface area contributed by atoms with Gasteiger partial charge >= 0.3 is 5.97 Å². The van der Waals surface area contributed by atoms with Crippen LogP contribution in [0.1, 0.15) is 38.5 Å². The van der Waals surface area contributed by atoms with E-state index in [2.05, 4.69) is 4.90 Å². The summed E-state index contributed by atoms with van der Waals surface area (Å²) >= 11 is 0. The zero-order chi connectivity index (χ0) is 17.9. The normalized spacial score (nSPS) is 19.9. The molecule has 1 N–H and O–H groups in total. The highest BCUT2D eigenvalue weighted by Crippen LogP contribution is 2.44. The number of carboxylic acid groups (broad SMARTS) is 1. The van der Waals surface area contributed by atoms with Crippen LogP contribution in [0, 0.1) is 11.2 Å². The molecule has 136 valence electrons. The maximum atomic E-state index is 13.0. The molecule has 5 nitrogen and oxygen atoms in total. The standard InChI is InChI=1S/C19H25FN2O3/c20-15-3-5-16(6-4-15)21-9-11-22(12-10-21)17(23)13-19(14-18(24)25)7-1-2-8-19/h3-6H,1-2,7-14H2,(H,24,25).